The van der Waals surface area contributed by atoms with Crippen molar-refractivity contribution in [1.82, 2.24) is 14.7 Å². The van der Waals surface area contributed by atoms with Gasteiger partial charge < -0.3 is 5.11 Å². The van der Waals surface area contributed by atoms with Crippen LogP contribution >= 0.6 is 0 Å². The van der Waals surface area contributed by atoms with Crippen molar-refractivity contribution in [3.63, 3.8) is 0 Å². The normalized spacial score (nSPS) is 20.1. The van der Waals surface area contributed by atoms with Crippen molar-refractivity contribution >= 4 is 0 Å². The summed E-state index contributed by atoms with van der Waals surface area (Å²) in [7, 11) is 0. The van der Waals surface area contributed by atoms with Crippen LogP contribution in [0.3, 0.4) is 0 Å². The fourth-order valence-electron chi connectivity index (χ4n) is 3.72. The Balaban J connectivity index is 2.33. The molecule has 0 aliphatic heterocycles. The molecule has 2 rings (SSSR count). The van der Waals surface area contributed by atoms with Gasteiger partial charge in [0, 0.05) is 12.7 Å². The first-order valence-electron chi connectivity index (χ1n) is 7.64. The van der Waals surface area contributed by atoms with Crippen molar-refractivity contribution in [1.29, 1.82) is 0 Å². The summed E-state index contributed by atoms with van der Waals surface area (Å²) >= 11 is 0. The molecule has 4 nitrogen and oxygen atoms in total. The van der Waals surface area contributed by atoms with Gasteiger partial charge in [-0.05, 0) is 38.9 Å². The van der Waals surface area contributed by atoms with Gasteiger partial charge in [0.05, 0.1) is 11.2 Å². The van der Waals surface area contributed by atoms with Crippen LogP contribution < -0.4 is 0 Å². The van der Waals surface area contributed by atoms with Gasteiger partial charge in [0.25, 0.3) is 0 Å². The minimum absolute atomic E-state index is 0.0869. The number of rotatable bonds is 6. The number of aliphatic hydroxyl groups is 1. The predicted octanol–water partition coefficient (Wildman–Crippen LogP) is 2.59. The van der Waals surface area contributed by atoms with E-state index in [-0.39, 0.29) is 5.54 Å². The second-order valence-electron chi connectivity index (χ2n) is 5.46. The molecule has 0 bridgehead atoms. The fraction of sp³-hybridized carbons (Fsp3) is 0.800. The summed E-state index contributed by atoms with van der Waals surface area (Å²) in [5.74, 6) is 0. The highest BCUT2D eigenvalue weighted by Gasteiger charge is 2.45. The third kappa shape index (κ3) is 2.43. The molecule has 0 radical (unpaired) electrons. The molecule has 1 atom stereocenters. The molecule has 0 saturated heterocycles. The van der Waals surface area contributed by atoms with Gasteiger partial charge in [-0.25, -0.2) is 0 Å². The second-order valence-corrected chi connectivity index (χ2v) is 5.46. The average molecular weight is 265 g/mol. The van der Waals surface area contributed by atoms with Crippen LogP contribution in [0.1, 0.15) is 58.3 Å². The van der Waals surface area contributed by atoms with Crippen molar-refractivity contribution in [2.75, 3.05) is 13.1 Å². The molecule has 1 aromatic heterocycles. The molecule has 1 N–H and O–H groups in total. The van der Waals surface area contributed by atoms with E-state index in [0.717, 1.165) is 38.2 Å². The van der Waals surface area contributed by atoms with Gasteiger partial charge in [-0.2, -0.15) is 5.10 Å². The lowest BCUT2D eigenvalue weighted by Crippen LogP contribution is -2.51. The number of hydrogen-bond donors (Lipinski definition) is 1. The standard InChI is InChI=1S/C15H27N3O/c1-4-17(5-2)15(10-7-8-11-15)14(19)13-9-12-16-18(13)6-3/h9,12,14,19H,4-8,10-11H2,1-3H3. The summed E-state index contributed by atoms with van der Waals surface area (Å²) in [6, 6.07) is 1.97. The first kappa shape index (κ1) is 14.5. The summed E-state index contributed by atoms with van der Waals surface area (Å²) in [5.41, 5.74) is 0.882. The van der Waals surface area contributed by atoms with E-state index in [1.807, 2.05) is 10.7 Å². The van der Waals surface area contributed by atoms with E-state index in [9.17, 15) is 5.11 Å². The minimum atomic E-state index is -0.433. The maximum atomic E-state index is 11.0. The Morgan fingerprint density at radius 3 is 2.47 bits per heavy atom. The smallest absolute Gasteiger partial charge is 0.114 e. The first-order chi connectivity index (χ1) is 9.19. The Morgan fingerprint density at radius 1 is 1.32 bits per heavy atom. The Hall–Kier alpha value is -0.870. The summed E-state index contributed by atoms with van der Waals surface area (Å²) in [6.45, 7) is 9.25. The molecule has 0 aromatic carbocycles. The van der Waals surface area contributed by atoms with Gasteiger partial charge in [0.15, 0.2) is 0 Å². The largest absolute Gasteiger partial charge is 0.385 e. The first-order valence-corrected chi connectivity index (χ1v) is 7.64. The van der Waals surface area contributed by atoms with Crippen LogP contribution in [0.25, 0.3) is 0 Å². The molecule has 1 aromatic rings. The number of aryl methyl sites for hydroxylation is 1. The molecule has 19 heavy (non-hydrogen) atoms. The van der Waals surface area contributed by atoms with Crippen molar-refractivity contribution in [3.8, 4) is 0 Å². The maximum Gasteiger partial charge on any atom is 0.114 e. The topological polar surface area (TPSA) is 41.3 Å². The van der Waals surface area contributed by atoms with Gasteiger partial charge in [-0.1, -0.05) is 26.7 Å². The SMILES string of the molecule is CCN(CC)C1(C(O)c2ccnn2CC)CCCC1. The van der Waals surface area contributed by atoms with Crippen LogP contribution in [0.2, 0.25) is 0 Å². The van der Waals surface area contributed by atoms with E-state index < -0.39 is 6.10 Å². The number of aromatic nitrogens is 2. The molecule has 1 heterocycles. The number of likely N-dealkylation sites (N-methyl/N-ethyl adjacent to an activating group) is 1. The molecule has 1 aliphatic rings. The quantitative estimate of drug-likeness (QED) is 0.859. The van der Waals surface area contributed by atoms with Crippen LogP contribution in [0.5, 0.6) is 0 Å². The third-order valence-corrected chi connectivity index (χ3v) is 4.70. The molecule has 108 valence electrons. The lowest BCUT2D eigenvalue weighted by Gasteiger charge is -2.44. The Labute approximate surface area is 116 Å². The van der Waals surface area contributed by atoms with E-state index in [0.29, 0.717) is 0 Å². The zero-order valence-electron chi connectivity index (χ0n) is 12.5. The van der Waals surface area contributed by atoms with Crippen LogP contribution in [0.15, 0.2) is 12.3 Å². The molecule has 0 spiro atoms. The van der Waals surface area contributed by atoms with Gasteiger partial charge in [0.1, 0.15) is 6.10 Å². The summed E-state index contributed by atoms with van der Waals surface area (Å²) < 4.78 is 1.92. The van der Waals surface area contributed by atoms with Crippen molar-refractivity contribution in [3.05, 3.63) is 18.0 Å². The third-order valence-electron chi connectivity index (χ3n) is 4.70. The Kier molecular flexibility index (Phi) is 4.63. The van der Waals surface area contributed by atoms with Crippen LogP contribution in [0.4, 0.5) is 0 Å². The number of aliphatic hydroxyl groups excluding tert-OH is 1. The summed E-state index contributed by atoms with van der Waals surface area (Å²) in [6.07, 6.45) is 5.97. The highest BCUT2D eigenvalue weighted by atomic mass is 16.3. The van der Waals surface area contributed by atoms with E-state index in [4.69, 9.17) is 0 Å². The van der Waals surface area contributed by atoms with E-state index in [2.05, 4.69) is 30.8 Å². The molecular weight excluding hydrogens is 238 g/mol. The molecule has 1 fully saturated rings. The van der Waals surface area contributed by atoms with Gasteiger partial charge in [0.2, 0.25) is 0 Å². The predicted molar refractivity (Wildman–Crippen MR) is 77.0 cm³/mol. The highest BCUT2D eigenvalue weighted by molar-refractivity contribution is 5.14. The Bertz CT molecular complexity index is 392. The van der Waals surface area contributed by atoms with E-state index >= 15 is 0 Å². The number of nitrogens with zero attached hydrogens (tertiary/aromatic N) is 3. The fourth-order valence-corrected chi connectivity index (χ4v) is 3.72. The van der Waals surface area contributed by atoms with E-state index in [1.165, 1.54) is 12.8 Å². The molecule has 1 aliphatic carbocycles. The zero-order valence-corrected chi connectivity index (χ0v) is 12.5. The number of hydrogen-bond acceptors (Lipinski definition) is 3. The van der Waals surface area contributed by atoms with Crippen LogP contribution in [0, 0.1) is 0 Å². The van der Waals surface area contributed by atoms with Gasteiger partial charge in [-0.3, -0.25) is 9.58 Å². The lowest BCUT2D eigenvalue weighted by atomic mass is 9.86. The van der Waals surface area contributed by atoms with Crippen LogP contribution in [-0.4, -0.2) is 38.4 Å². The lowest BCUT2D eigenvalue weighted by molar-refractivity contribution is -0.0312. The van der Waals surface area contributed by atoms with Gasteiger partial charge in [-0.15, -0.1) is 0 Å². The minimum Gasteiger partial charge on any atom is -0.385 e. The summed E-state index contributed by atoms with van der Waals surface area (Å²) in [4.78, 5) is 2.44. The van der Waals surface area contributed by atoms with Gasteiger partial charge >= 0.3 is 0 Å². The van der Waals surface area contributed by atoms with Crippen molar-refractivity contribution < 1.29 is 5.11 Å². The highest BCUT2D eigenvalue weighted by Crippen LogP contribution is 2.44. The summed E-state index contributed by atoms with van der Waals surface area (Å²) in [5, 5.41) is 15.3. The molecule has 1 unspecified atom stereocenters. The van der Waals surface area contributed by atoms with E-state index in [1.54, 1.807) is 6.20 Å². The van der Waals surface area contributed by atoms with Crippen LogP contribution in [-0.2, 0) is 6.54 Å². The van der Waals surface area contributed by atoms with Crippen molar-refractivity contribution in [2.45, 2.75) is 64.6 Å². The molecule has 1 saturated carbocycles. The molecule has 4 heteroatoms. The van der Waals surface area contributed by atoms with Crippen molar-refractivity contribution in [2.24, 2.45) is 0 Å². The second kappa shape index (κ2) is 6.06. The monoisotopic (exact) mass is 265 g/mol. The molecule has 0 amide bonds. The maximum absolute atomic E-state index is 11.0. The zero-order chi connectivity index (χ0) is 13.9. The Morgan fingerprint density at radius 2 is 1.95 bits per heavy atom. The average Bonchev–Trinajstić information content (AvgIpc) is 3.08. The molecular formula is C15H27N3O.